The molecule has 2 aliphatic carbocycles. The summed E-state index contributed by atoms with van der Waals surface area (Å²) < 4.78 is 0. The van der Waals surface area contributed by atoms with Crippen LogP contribution in [0, 0.1) is 11.3 Å². The van der Waals surface area contributed by atoms with E-state index in [-0.39, 0.29) is 11.5 Å². The third kappa shape index (κ3) is 3.17. The van der Waals surface area contributed by atoms with Crippen molar-refractivity contribution in [2.24, 2.45) is 17.1 Å². The van der Waals surface area contributed by atoms with Gasteiger partial charge in [0.1, 0.15) is 0 Å². The molecule has 0 heterocycles. The van der Waals surface area contributed by atoms with Crippen molar-refractivity contribution in [1.29, 1.82) is 0 Å². The molecule has 0 aromatic heterocycles. The van der Waals surface area contributed by atoms with Crippen molar-refractivity contribution in [1.82, 2.24) is 0 Å². The van der Waals surface area contributed by atoms with Crippen LogP contribution in [0.15, 0.2) is 24.3 Å². The smallest absolute Gasteiger partial charge is 0.0614 e. The SMILES string of the molecule is NCC1(C(O)CC2CCCCC2)CCc2ccccc2C1. The number of aryl methyl sites for hydroxylation is 1. The maximum Gasteiger partial charge on any atom is 0.0614 e. The number of aliphatic hydroxyl groups excluding tert-OH is 1. The lowest BCUT2D eigenvalue weighted by molar-refractivity contribution is -0.00180. The van der Waals surface area contributed by atoms with Crippen LogP contribution in [0.3, 0.4) is 0 Å². The lowest BCUT2D eigenvalue weighted by atomic mass is 9.66. The van der Waals surface area contributed by atoms with E-state index < -0.39 is 0 Å². The fourth-order valence-electron chi connectivity index (χ4n) is 4.41. The van der Waals surface area contributed by atoms with Crippen molar-refractivity contribution < 1.29 is 5.11 Å². The summed E-state index contributed by atoms with van der Waals surface area (Å²) in [6.07, 6.45) is 10.4. The zero-order chi connectivity index (χ0) is 14.7. The first-order valence-electron chi connectivity index (χ1n) is 8.68. The van der Waals surface area contributed by atoms with Crippen molar-refractivity contribution in [2.75, 3.05) is 6.54 Å². The molecule has 1 saturated carbocycles. The average molecular weight is 287 g/mol. The molecule has 0 aliphatic heterocycles. The first kappa shape index (κ1) is 15.1. The van der Waals surface area contributed by atoms with Crippen LogP contribution in [0.5, 0.6) is 0 Å². The van der Waals surface area contributed by atoms with Crippen LogP contribution in [-0.2, 0) is 12.8 Å². The summed E-state index contributed by atoms with van der Waals surface area (Å²) in [5.74, 6) is 0.717. The number of fused-ring (bicyclic) bond motifs is 1. The van der Waals surface area contributed by atoms with Gasteiger partial charge < -0.3 is 10.8 Å². The molecule has 3 rings (SSSR count). The molecule has 0 amide bonds. The van der Waals surface area contributed by atoms with Crippen molar-refractivity contribution >= 4 is 0 Å². The predicted octanol–water partition coefficient (Wildman–Crippen LogP) is 3.45. The van der Waals surface area contributed by atoms with E-state index in [1.165, 1.54) is 43.2 Å². The van der Waals surface area contributed by atoms with E-state index in [0.717, 1.165) is 25.7 Å². The Hall–Kier alpha value is -0.860. The fourth-order valence-corrected chi connectivity index (χ4v) is 4.41. The highest BCUT2D eigenvalue weighted by Crippen LogP contribution is 2.41. The Labute approximate surface area is 128 Å². The first-order valence-corrected chi connectivity index (χ1v) is 8.68. The topological polar surface area (TPSA) is 46.2 Å². The largest absolute Gasteiger partial charge is 0.392 e. The van der Waals surface area contributed by atoms with E-state index in [1.807, 2.05) is 0 Å². The number of aliphatic hydroxyl groups is 1. The molecular formula is C19H29NO. The molecule has 0 radical (unpaired) electrons. The van der Waals surface area contributed by atoms with Crippen LogP contribution >= 0.6 is 0 Å². The summed E-state index contributed by atoms with van der Waals surface area (Å²) in [4.78, 5) is 0. The van der Waals surface area contributed by atoms with Gasteiger partial charge in [-0.2, -0.15) is 0 Å². The van der Waals surface area contributed by atoms with Crippen LogP contribution in [0.25, 0.3) is 0 Å². The van der Waals surface area contributed by atoms with Crippen LogP contribution in [0.4, 0.5) is 0 Å². The van der Waals surface area contributed by atoms with E-state index >= 15 is 0 Å². The molecule has 1 fully saturated rings. The summed E-state index contributed by atoms with van der Waals surface area (Å²) in [5, 5.41) is 10.9. The predicted molar refractivity (Wildman–Crippen MR) is 87.2 cm³/mol. The Kier molecular flexibility index (Phi) is 4.66. The second-order valence-corrected chi connectivity index (χ2v) is 7.27. The Morgan fingerprint density at radius 1 is 1.14 bits per heavy atom. The molecule has 0 bridgehead atoms. The molecule has 0 saturated heterocycles. The Morgan fingerprint density at radius 2 is 1.86 bits per heavy atom. The number of hydrogen-bond acceptors (Lipinski definition) is 2. The second-order valence-electron chi connectivity index (χ2n) is 7.27. The molecule has 3 N–H and O–H groups in total. The highest BCUT2D eigenvalue weighted by molar-refractivity contribution is 5.31. The van der Waals surface area contributed by atoms with Crippen LogP contribution in [-0.4, -0.2) is 17.8 Å². The second kappa shape index (κ2) is 6.50. The standard InChI is InChI=1S/C19H29NO/c20-14-19(18(21)12-15-6-2-1-3-7-15)11-10-16-8-4-5-9-17(16)13-19/h4-5,8-9,15,18,21H,1-3,6-7,10-14,20H2. The highest BCUT2D eigenvalue weighted by Gasteiger charge is 2.40. The zero-order valence-corrected chi connectivity index (χ0v) is 13.1. The number of hydrogen-bond donors (Lipinski definition) is 2. The van der Waals surface area contributed by atoms with E-state index in [2.05, 4.69) is 24.3 Å². The van der Waals surface area contributed by atoms with Crippen molar-refractivity contribution in [3.63, 3.8) is 0 Å². The molecule has 2 aliphatic rings. The first-order chi connectivity index (χ1) is 10.2. The fraction of sp³-hybridized carbons (Fsp3) is 0.684. The lowest BCUT2D eigenvalue weighted by Gasteiger charge is -2.42. The van der Waals surface area contributed by atoms with Gasteiger partial charge in [0, 0.05) is 12.0 Å². The van der Waals surface area contributed by atoms with Crippen LogP contribution in [0.2, 0.25) is 0 Å². The van der Waals surface area contributed by atoms with Crippen molar-refractivity contribution in [2.45, 2.75) is 63.9 Å². The van der Waals surface area contributed by atoms with Gasteiger partial charge in [-0.15, -0.1) is 0 Å². The summed E-state index contributed by atoms with van der Waals surface area (Å²) in [7, 11) is 0. The minimum Gasteiger partial charge on any atom is -0.392 e. The van der Waals surface area contributed by atoms with Gasteiger partial charge in [-0.3, -0.25) is 0 Å². The number of benzene rings is 1. The molecule has 1 aromatic carbocycles. The Balaban J connectivity index is 1.71. The average Bonchev–Trinajstić information content (AvgIpc) is 2.55. The monoisotopic (exact) mass is 287 g/mol. The molecule has 21 heavy (non-hydrogen) atoms. The van der Waals surface area contributed by atoms with E-state index in [4.69, 9.17) is 5.73 Å². The van der Waals surface area contributed by atoms with Gasteiger partial charge in [-0.25, -0.2) is 0 Å². The van der Waals surface area contributed by atoms with Gasteiger partial charge in [0.05, 0.1) is 6.10 Å². The highest BCUT2D eigenvalue weighted by atomic mass is 16.3. The van der Waals surface area contributed by atoms with Gasteiger partial charge in [-0.1, -0.05) is 56.4 Å². The Morgan fingerprint density at radius 3 is 2.57 bits per heavy atom. The quantitative estimate of drug-likeness (QED) is 0.891. The summed E-state index contributed by atoms with van der Waals surface area (Å²) in [6.45, 7) is 0.606. The molecule has 116 valence electrons. The number of nitrogens with two attached hydrogens (primary N) is 1. The van der Waals surface area contributed by atoms with Gasteiger partial charge in [0.25, 0.3) is 0 Å². The third-order valence-corrected chi connectivity index (χ3v) is 5.95. The molecular weight excluding hydrogens is 258 g/mol. The molecule has 2 heteroatoms. The molecule has 2 atom stereocenters. The summed E-state index contributed by atoms with van der Waals surface area (Å²) >= 11 is 0. The van der Waals surface area contributed by atoms with Crippen LogP contribution in [0.1, 0.15) is 56.1 Å². The van der Waals surface area contributed by atoms with Gasteiger partial charge in [-0.05, 0) is 42.7 Å². The maximum atomic E-state index is 10.9. The molecule has 2 nitrogen and oxygen atoms in total. The van der Waals surface area contributed by atoms with E-state index in [1.54, 1.807) is 0 Å². The van der Waals surface area contributed by atoms with Crippen LogP contribution < -0.4 is 5.73 Å². The molecule has 2 unspecified atom stereocenters. The van der Waals surface area contributed by atoms with Gasteiger partial charge >= 0.3 is 0 Å². The zero-order valence-electron chi connectivity index (χ0n) is 13.1. The lowest BCUT2D eigenvalue weighted by Crippen LogP contribution is -2.46. The minimum absolute atomic E-state index is 0.0915. The summed E-state index contributed by atoms with van der Waals surface area (Å²) in [6, 6.07) is 8.67. The maximum absolute atomic E-state index is 10.9. The minimum atomic E-state index is -0.237. The Bertz CT molecular complexity index is 466. The summed E-state index contributed by atoms with van der Waals surface area (Å²) in [5.41, 5.74) is 8.90. The number of rotatable bonds is 4. The van der Waals surface area contributed by atoms with Crippen molar-refractivity contribution in [3.8, 4) is 0 Å². The van der Waals surface area contributed by atoms with Gasteiger partial charge in [0.2, 0.25) is 0 Å². The molecule has 1 aromatic rings. The van der Waals surface area contributed by atoms with E-state index in [9.17, 15) is 5.11 Å². The van der Waals surface area contributed by atoms with Crippen molar-refractivity contribution in [3.05, 3.63) is 35.4 Å². The van der Waals surface area contributed by atoms with E-state index in [0.29, 0.717) is 12.5 Å². The normalized spacial score (nSPS) is 28.1. The molecule has 0 spiro atoms. The third-order valence-electron chi connectivity index (χ3n) is 5.95. The van der Waals surface area contributed by atoms with Gasteiger partial charge in [0.15, 0.2) is 0 Å².